The molecule has 2 aromatic carbocycles. The Bertz CT molecular complexity index is 741. The number of nitrogens with zero attached hydrogens (tertiary/aromatic N) is 1. The Morgan fingerprint density at radius 2 is 1.69 bits per heavy atom. The standard InChI is InChI=1S/C20H21FN2O3/c21-16-6-8-17(9-7-16)26-18-10-12-23(13-11-18)19(24)14-22-20(25)15-4-2-1-3-5-15/h1-9,18H,10-14H2,(H,22,25). The van der Waals surface area contributed by atoms with Gasteiger partial charge in [-0.3, -0.25) is 9.59 Å². The third-order valence-corrected chi connectivity index (χ3v) is 4.35. The van der Waals surface area contributed by atoms with Crippen LogP contribution < -0.4 is 10.1 Å². The molecule has 0 aliphatic carbocycles. The summed E-state index contributed by atoms with van der Waals surface area (Å²) in [5.74, 6) is -0.0235. The van der Waals surface area contributed by atoms with Gasteiger partial charge in [-0.1, -0.05) is 18.2 Å². The van der Waals surface area contributed by atoms with Crippen molar-refractivity contribution in [2.75, 3.05) is 19.6 Å². The van der Waals surface area contributed by atoms with Crippen molar-refractivity contribution in [2.45, 2.75) is 18.9 Å². The number of halogens is 1. The van der Waals surface area contributed by atoms with Crippen LogP contribution in [0.5, 0.6) is 5.75 Å². The second-order valence-corrected chi connectivity index (χ2v) is 6.20. The summed E-state index contributed by atoms with van der Waals surface area (Å²) in [6.45, 7) is 1.13. The van der Waals surface area contributed by atoms with Crippen molar-refractivity contribution in [1.29, 1.82) is 0 Å². The highest BCUT2D eigenvalue weighted by atomic mass is 19.1. The van der Waals surface area contributed by atoms with E-state index in [0.29, 0.717) is 37.2 Å². The molecule has 1 heterocycles. The van der Waals surface area contributed by atoms with Crippen molar-refractivity contribution in [3.63, 3.8) is 0 Å². The summed E-state index contributed by atoms with van der Waals surface area (Å²) in [6.07, 6.45) is 1.41. The van der Waals surface area contributed by atoms with Crippen LogP contribution in [-0.4, -0.2) is 42.5 Å². The molecule has 0 bridgehead atoms. The number of likely N-dealkylation sites (tertiary alicyclic amines) is 1. The predicted octanol–water partition coefficient (Wildman–Crippen LogP) is 2.63. The van der Waals surface area contributed by atoms with Crippen molar-refractivity contribution in [3.05, 3.63) is 66.0 Å². The van der Waals surface area contributed by atoms with E-state index in [9.17, 15) is 14.0 Å². The highest BCUT2D eigenvalue weighted by Gasteiger charge is 2.24. The number of ether oxygens (including phenoxy) is 1. The van der Waals surface area contributed by atoms with Gasteiger partial charge in [-0.25, -0.2) is 4.39 Å². The van der Waals surface area contributed by atoms with E-state index in [1.54, 1.807) is 41.3 Å². The van der Waals surface area contributed by atoms with Crippen LogP contribution in [0.2, 0.25) is 0 Å². The number of piperidine rings is 1. The minimum atomic E-state index is -0.296. The van der Waals surface area contributed by atoms with E-state index in [1.807, 2.05) is 6.07 Å². The fourth-order valence-corrected chi connectivity index (χ4v) is 2.89. The SMILES string of the molecule is O=C(NCC(=O)N1CCC(Oc2ccc(F)cc2)CC1)c1ccccc1. The van der Waals surface area contributed by atoms with Crippen LogP contribution in [0.4, 0.5) is 4.39 Å². The maximum absolute atomic E-state index is 12.9. The molecular formula is C20H21FN2O3. The van der Waals surface area contributed by atoms with Crippen LogP contribution in [-0.2, 0) is 4.79 Å². The Kier molecular flexibility index (Phi) is 5.84. The van der Waals surface area contributed by atoms with Gasteiger partial charge >= 0.3 is 0 Å². The highest BCUT2D eigenvalue weighted by molar-refractivity contribution is 5.96. The Labute approximate surface area is 151 Å². The second-order valence-electron chi connectivity index (χ2n) is 6.20. The summed E-state index contributed by atoms with van der Waals surface area (Å²) in [6, 6.07) is 14.7. The molecule has 2 amide bonds. The smallest absolute Gasteiger partial charge is 0.251 e. The van der Waals surface area contributed by atoms with E-state index < -0.39 is 0 Å². The van der Waals surface area contributed by atoms with E-state index in [1.165, 1.54) is 12.1 Å². The average Bonchev–Trinajstić information content (AvgIpc) is 2.69. The summed E-state index contributed by atoms with van der Waals surface area (Å²) in [7, 11) is 0. The Morgan fingerprint density at radius 1 is 1.04 bits per heavy atom. The molecule has 0 radical (unpaired) electrons. The molecule has 1 fully saturated rings. The molecule has 1 N–H and O–H groups in total. The van der Waals surface area contributed by atoms with E-state index in [2.05, 4.69) is 5.32 Å². The van der Waals surface area contributed by atoms with Crippen LogP contribution in [0, 0.1) is 5.82 Å². The first-order valence-electron chi connectivity index (χ1n) is 8.65. The minimum Gasteiger partial charge on any atom is -0.490 e. The molecule has 1 aliphatic rings. The molecule has 0 unspecified atom stereocenters. The van der Waals surface area contributed by atoms with Crippen LogP contribution in [0.15, 0.2) is 54.6 Å². The van der Waals surface area contributed by atoms with Crippen molar-refractivity contribution in [2.24, 2.45) is 0 Å². The predicted molar refractivity (Wildman–Crippen MR) is 95.4 cm³/mol. The molecular weight excluding hydrogens is 335 g/mol. The van der Waals surface area contributed by atoms with Crippen LogP contribution in [0.3, 0.4) is 0 Å². The van der Waals surface area contributed by atoms with Gasteiger partial charge in [-0.15, -0.1) is 0 Å². The average molecular weight is 356 g/mol. The zero-order valence-corrected chi connectivity index (χ0v) is 14.4. The Hall–Kier alpha value is -2.89. The van der Waals surface area contributed by atoms with Gasteiger partial charge in [0.2, 0.25) is 5.91 Å². The highest BCUT2D eigenvalue weighted by Crippen LogP contribution is 2.19. The van der Waals surface area contributed by atoms with Crippen molar-refractivity contribution >= 4 is 11.8 Å². The van der Waals surface area contributed by atoms with Gasteiger partial charge in [0.25, 0.3) is 5.91 Å². The van der Waals surface area contributed by atoms with E-state index >= 15 is 0 Å². The van der Waals surface area contributed by atoms with Gasteiger partial charge in [-0.2, -0.15) is 0 Å². The van der Waals surface area contributed by atoms with Gasteiger partial charge in [0.05, 0.1) is 6.54 Å². The van der Waals surface area contributed by atoms with Crippen LogP contribution in [0.1, 0.15) is 23.2 Å². The topological polar surface area (TPSA) is 58.6 Å². The summed E-state index contributed by atoms with van der Waals surface area (Å²) >= 11 is 0. The van der Waals surface area contributed by atoms with E-state index in [0.717, 1.165) is 0 Å². The van der Waals surface area contributed by atoms with Gasteiger partial charge in [0, 0.05) is 31.5 Å². The van der Waals surface area contributed by atoms with Gasteiger partial charge in [-0.05, 0) is 36.4 Å². The molecule has 0 atom stereocenters. The largest absolute Gasteiger partial charge is 0.490 e. The molecule has 0 spiro atoms. The van der Waals surface area contributed by atoms with Crippen LogP contribution >= 0.6 is 0 Å². The van der Waals surface area contributed by atoms with E-state index in [-0.39, 0.29) is 30.3 Å². The number of nitrogens with one attached hydrogen (secondary N) is 1. The minimum absolute atomic E-state index is 0.00317. The zero-order valence-electron chi connectivity index (χ0n) is 14.4. The number of hydrogen-bond donors (Lipinski definition) is 1. The monoisotopic (exact) mass is 356 g/mol. The lowest BCUT2D eigenvalue weighted by Crippen LogP contribution is -2.46. The number of amides is 2. The van der Waals surface area contributed by atoms with Gasteiger partial charge in [0.15, 0.2) is 0 Å². The van der Waals surface area contributed by atoms with Crippen molar-refractivity contribution < 1.29 is 18.7 Å². The van der Waals surface area contributed by atoms with Crippen LogP contribution in [0.25, 0.3) is 0 Å². The maximum atomic E-state index is 12.9. The first kappa shape index (κ1) is 17.9. The summed E-state index contributed by atoms with van der Waals surface area (Å²) in [5, 5.41) is 2.66. The lowest BCUT2D eigenvalue weighted by Gasteiger charge is -2.32. The molecule has 3 rings (SSSR count). The zero-order chi connectivity index (χ0) is 18.4. The quantitative estimate of drug-likeness (QED) is 0.896. The molecule has 0 aromatic heterocycles. The Balaban J connectivity index is 1.42. The van der Waals surface area contributed by atoms with Gasteiger partial charge in [0.1, 0.15) is 17.7 Å². The molecule has 6 heteroatoms. The fourth-order valence-electron chi connectivity index (χ4n) is 2.89. The first-order valence-corrected chi connectivity index (χ1v) is 8.65. The number of benzene rings is 2. The third kappa shape index (κ3) is 4.81. The van der Waals surface area contributed by atoms with E-state index in [4.69, 9.17) is 4.74 Å². The van der Waals surface area contributed by atoms with Gasteiger partial charge < -0.3 is 15.0 Å². The third-order valence-electron chi connectivity index (χ3n) is 4.35. The first-order chi connectivity index (χ1) is 12.6. The molecule has 136 valence electrons. The summed E-state index contributed by atoms with van der Waals surface area (Å²) < 4.78 is 18.7. The molecule has 5 nitrogen and oxygen atoms in total. The number of carbonyl (C=O) groups excluding carboxylic acids is 2. The maximum Gasteiger partial charge on any atom is 0.251 e. The van der Waals surface area contributed by atoms with Crippen molar-refractivity contribution in [1.82, 2.24) is 10.2 Å². The molecule has 2 aromatic rings. The molecule has 1 aliphatic heterocycles. The lowest BCUT2D eigenvalue weighted by atomic mass is 10.1. The molecule has 26 heavy (non-hydrogen) atoms. The molecule has 1 saturated heterocycles. The summed E-state index contributed by atoms with van der Waals surface area (Å²) in [4.78, 5) is 26.0. The Morgan fingerprint density at radius 3 is 2.35 bits per heavy atom. The molecule has 0 saturated carbocycles. The fraction of sp³-hybridized carbons (Fsp3) is 0.300. The normalized spacial score (nSPS) is 14.7. The number of rotatable bonds is 5. The lowest BCUT2D eigenvalue weighted by molar-refractivity contribution is -0.131. The second kappa shape index (κ2) is 8.47. The van der Waals surface area contributed by atoms with Crippen molar-refractivity contribution in [3.8, 4) is 5.75 Å². The number of hydrogen-bond acceptors (Lipinski definition) is 3. The number of carbonyl (C=O) groups is 2. The summed E-state index contributed by atoms with van der Waals surface area (Å²) in [5.41, 5.74) is 0.534.